The molecule has 0 aromatic heterocycles. The van der Waals surface area contributed by atoms with Crippen LogP contribution < -0.4 is 0 Å². The van der Waals surface area contributed by atoms with Crippen LogP contribution in [0.2, 0.25) is 0 Å². The number of hydrogen-bond donors (Lipinski definition) is 0. The third-order valence-corrected chi connectivity index (χ3v) is 6.58. The lowest BCUT2D eigenvalue weighted by Crippen LogP contribution is -2.52. The number of alkyl halides is 1. The van der Waals surface area contributed by atoms with Crippen molar-refractivity contribution in [1.29, 1.82) is 0 Å². The van der Waals surface area contributed by atoms with Crippen LogP contribution in [0, 0.1) is 23.7 Å². The highest BCUT2D eigenvalue weighted by atomic mass is 127. The Kier molecular flexibility index (Phi) is 1.61. The molecule has 4 saturated carbocycles. The summed E-state index contributed by atoms with van der Waals surface area (Å²) >= 11 is 2.79. The zero-order valence-corrected chi connectivity index (χ0v) is 9.88. The summed E-state index contributed by atoms with van der Waals surface area (Å²) in [6.07, 6.45) is 7.81. The van der Waals surface area contributed by atoms with Crippen LogP contribution in [-0.4, -0.2) is 3.42 Å². The van der Waals surface area contributed by atoms with Crippen LogP contribution in [-0.2, 0) is 0 Å². The molecule has 3 atom stereocenters. The second-order valence-corrected chi connectivity index (χ2v) is 7.58. The Balaban J connectivity index is 1.97. The first kappa shape index (κ1) is 8.07. The molecule has 4 aliphatic rings. The van der Waals surface area contributed by atoms with Gasteiger partial charge < -0.3 is 0 Å². The highest BCUT2D eigenvalue weighted by Crippen LogP contribution is 2.61. The molecule has 4 aliphatic carbocycles. The van der Waals surface area contributed by atoms with E-state index in [4.69, 9.17) is 0 Å². The highest BCUT2D eigenvalue weighted by molar-refractivity contribution is 14.1. The van der Waals surface area contributed by atoms with Crippen LogP contribution in [0.3, 0.4) is 0 Å². The van der Waals surface area contributed by atoms with Crippen molar-refractivity contribution in [3.05, 3.63) is 0 Å². The minimum atomic E-state index is 0.729. The minimum absolute atomic E-state index is 0.729. The van der Waals surface area contributed by atoms with Gasteiger partial charge in [-0.1, -0.05) is 29.5 Å². The maximum Gasteiger partial charge on any atom is 0.0255 e. The Hall–Kier alpha value is 0.730. The molecule has 0 spiro atoms. The second kappa shape index (κ2) is 2.40. The minimum Gasteiger partial charge on any atom is -0.0785 e. The van der Waals surface area contributed by atoms with Crippen LogP contribution in [0.4, 0.5) is 0 Å². The van der Waals surface area contributed by atoms with Gasteiger partial charge in [0.25, 0.3) is 0 Å². The van der Waals surface area contributed by atoms with E-state index in [1.165, 1.54) is 0 Å². The molecule has 0 aromatic rings. The lowest BCUT2D eigenvalue weighted by Gasteiger charge is -2.58. The van der Waals surface area contributed by atoms with E-state index in [1.54, 1.807) is 32.1 Å². The predicted octanol–water partition coefficient (Wildman–Crippen LogP) is 3.64. The Morgan fingerprint density at radius 2 is 1.67 bits per heavy atom. The molecule has 1 heteroatoms. The van der Waals surface area contributed by atoms with Crippen molar-refractivity contribution in [2.24, 2.45) is 23.7 Å². The number of hydrogen-bond acceptors (Lipinski definition) is 0. The molecule has 0 radical (unpaired) electrons. The fourth-order valence-electron chi connectivity index (χ4n) is 4.20. The van der Waals surface area contributed by atoms with Crippen LogP contribution in [0.1, 0.15) is 39.0 Å². The Bertz CT molecular complexity index is 197. The zero-order valence-electron chi connectivity index (χ0n) is 7.72. The Morgan fingerprint density at radius 3 is 2.17 bits per heavy atom. The van der Waals surface area contributed by atoms with E-state index in [0.717, 1.165) is 27.1 Å². The van der Waals surface area contributed by atoms with Crippen LogP contribution in [0.5, 0.6) is 0 Å². The molecule has 0 amide bonds. The average Bonchev–Trinajstić information content (AvgIpc) is 1.98. The molecule has 68 valence electrons. The lowest BCUT2D eigenvalue weighted by molar-refractivity contribution is -0.000528. The molecule has 0 heterocycles. The van der Waals surface area contributed by atoms with Crippen molar-refractivity contribution in [2.75, 3.05) is 0 Å². The van der Waals surface area contributed by atoms with E-state index in [2.05, 4.69) is 29.5 Å². The van der Waals surface area contributed by atoms with Gasteiger partial charge in [-0.3, -0.25) is 0 Å². The molecule has 4 fully saturated rings. The van der Waals surface area contributed by atoms with Gasteiger partial charge in [-0.05, 0) is 55.8 Å². The topological polar surface area (TPSA) is 0 Å². The Morgan fingerprint density at radius 1 is 1.08 bits per heavy atom. The van der Waals surface area contributed by atoms with Crippen molar-refractivity contribution in [3.8, 4) is 0 Å². The molecule has 0 aliphatic heterocycles. The molecule has 0 nitrogen and oxygen atoms in total. The van der Waals surface area contributed by atoms with Crippen LogP contribution in [0.25, 0.3) is 0 Å². The summed E-state index contributed by atoms with van der Waals surface area (Å²) in [4.78, 5) is 0. The first-order valence-corrected chi connectivity index (χ1v) is 6.44. The summed E-state index contributed by atoms with van der Waals surface area (Å²) < 4.78 is 0.729. The van der Waals surface area contributed by atoms with E-state index in [9.17, 15) is 0 Å². The molecule has 12 heavy (non-hydrogen) atoms. The second-order valence-electron chi connectivity index (χ2n) is 5.43. The van der Waals surface area contributed by atoms with E-state index in [1.807, 2.05) is 0 Å². The van der Waals surface area contributed by atoms with Crippen molar-refractivity contribution >= 4 is 22.6 Å². The van der Waals surface area contributed by atoms with Gasteiger partial charge in [-0.25, -0.2) is 0 Å². The van der Waals surface area contributed by atoms with E-state index >= 15 is 0 Å². The predicted molar refractivity (Wildman–Crippen MR) is 59.5 cm³/mol. The monoisotopic (exact) mass is 276 g/mol. The zero-order chi connectivity index (χ0) is 8.34. The van der Waals surface area contributed by atoms with Gasteiger partial charge in [0.15, 0.2) is 0 Å². The highest BCUT2D eigenvalue weighted by Gasteiger charge is 2.53. The molecule has 4 rings (SSSR count). The normalized spacial score (nSPS) is 62.5. The van der Waals surface area contributed by atoms with Gasteiger partial charge in [0, 0.05) is 3.42 Å². The number of rotatable bonds is 0. The van der Waals surface area contributed by atoms with Crippen molar-refractivity contribution in [3.63, 3.8) is 0 Å². The standard InChI is InChI=1S/C11H17I/c1-7-10-3-8-2-9(4-10)6-11(7,12)5-8/h7-10H,2-6H2,1H3. The molecular formula is C11H17I. The van der Waals surface area contributed by atoms with Crippen LogP contribution >= 0.6 is 22.6 Å². The molecule has 0 aromatic carbocycles. The smallest absolute Gasteiger partial charge is 0.0255 e. The fraction of sp³-hybridized carbons (Fsp3) is 1.00. The maximum atomic E-state index is 2.79. The summed E-state index contributed by atoms with van der Waals surface area (Å²) in [5.74, 6) is 4.37. The first-order valence-electron chi connectivity index (χ1n) is 5.36. The molecule has 3 unspecified atom stereocenters. The van der Waals surface area contributed by atoms with E-state index in [-0.39, 0.29) is 0 Å². The molecule has 0 N–H and O–H groups in total. The first-order chi connectivity index (χ1) is 5.67. The molecular weight excluding hydrogens is 259 g/mol. The van der Waals surface area contributed by atoms with Crippen LogP contribution in [0.15, 0.2) is 0 Å². The van der Waals surface area contributed by atoms with Gasteiger partial charge in [0.2, 0.25) is 0 Å². The third-order valence-electron chi connectivity index (χ3n) is 4.72. The van der Waals surface area contributed by atoms with Crippen molar-refractivity contribution in [2.45, 2.75) is 42.4 Å². The SMILES string of the molecule is CC1C2CC3CC(C2)CC1(I)C3. The summed E-state index contributed by atoms with van der Waals surface area (Å²) in [5, 5.41) is 0. The van der Waals surface area contributed by atoms with Gasteiger partial charge in [-0.2, -0.15) is 0 Å². The van der Waals surface area contributed by atoms with E-state index in [0.29, 0.717) is 0 Å². The third kappa shape index (κ3) is 0.948. The fourth-order valence-corrected chi connectivity index (χ4v) is 5.95. The summed E-state index contributed by atoms with van der Waals surface area (Å²) in [6, 6.07) is 0. The largest absolute Gasteiger partial charge is 0.0785 e. The summed E-state index contributed by atoms with van der Waals surface area (Å²) in [6.45, 7) is 2.51. The van der Waals surface area contributed by atoms with Crippen molar-refractivity contribution in [1.82, 2.24) is 0 Å². The number of halogens is 1. The van der Waals surface area contributed by atoms with Crippen molar-refractivity contribution < 1.29 is 0 Å². The van der Waals surface area contributed by atoms with Gasteiger partial charge in [0.1, 0.15) is 0 Å². The van der Waals surface area contributed by atoms with E-state index < -0.39 is 0 Å². The molecule has 4 bridgehead atoms. The maximum absolute atomic E-state index is 2.79. The summed E-state index contributed by atoms with van der Waals surface area (Å²) in [7, 11) is 0. The Labute approximate surface area is 88.6 Å². The van der Waals surface area contributed by atoms with Gasteiger partial charge >= 0.3 is 0 Å². The molecule has 0 saturated heterocycles. The van der Waals surface area contributed by atoms with Gasteiger partial charge in [-0.15, -0.1) is 0 Å². The summed E-state index contributed by atoms with van der Waals surface area (Å²) in [5.41, 5.74) is 0. The van der Waals surface area contributed by atoms with Gasteiger partial charge in [0.05, 0.1) is 0 Å². The quantitative estimate of drug-likeness (QED) is 0.468. The average molecular weight is 276 g/mol. The lowest BCUT2D eigenvalue weighted by atomic mass is 9.52.